The van der Waals surface area contributed by atoms with E-state index >= 15 is 0 Å². The molecule has 0 radical (unpaired) electrons. The fourth-order valence-corrected chi connectivity index (χ4v) is 2.62. The lowest BCUT2D eigenvalue weighted by molar-refractivity contribution is 0.0633. The van der Waals surface area contributed by atoms with Gasteiger partial charge in [-0.15, -0.1) is 0 Å². The summed E-state index contributed by atoms with van der Waals surface area (Å²) in [5.41, 5.74) is 0.618. The first-order valence-corrected chi connectivity index (χ1v) is 8.28. The van der Waals surface area contributed by atoms with Crippen molar-refractivity contribution in [2.24, 2.45) is 5.92 Å². The maximum atomic E-state index is 12.5. The summed E-state index contributed by atoms with van der Waals surface area (Å²) in [6.07, 6.45) is 1.15. The predicted molar refractivity (Wildman–Crippen MR) is 92.0 cm³/mol. The van der Waals surface area contributed by atoms with Gasteiger partial charge in [0.1, 0.15) is 5.60 Å². The first kappa shape index (κ1) is 18.3. The fourth-order valence-electron chi connectivity index (χ4n) is 2.62. The molecule has 0 bridgehead atoms. The highest BCUT2D eigenvalue weighted by molar-refractivity contribution is 5.95. The van der Waals surface area contributed by atoms with Crippen molar-refractivity contribution in [3.63, 3.8) is 0 Å². The molecule has 6 nitrogen and oxygen atoms in total. The van der Waals surface area contributed by atoms with E-state index in [1.165, 1.54) is 0 Å². The molecular weight excluding hydrogens is 308 g/mol. The summed E-state index contributed by atoms with van der Waals surface area (Å²) in [5, 5.41) is 11.8. The van der Waals surface area contributed by atoms with Crippen LogP contribution in [0.2, 0.25) is 0 Å². The number of hydrogen-bond donors (Lipinski definition) is 2. The highest BCUT2D eigenvalue weighted by Gasteiger charge is 2.23. The molecule has 0 atom stereocenters. The van der Waals surface area contributed by atoms with Gasteiger partial charge in [0.25, 0.3) is 5.91 Å². The zero-order valence-corrected chi connectivity index (χ0v) is 14.5. The zero-order chi connectivity index (χ0) is 17.7. The second-order valence-corrected chi connectivity index (χ2v) is 7.12. The van der Waals surface area contributed by atoms with Gasteiger partial charge in [0, 0.05) is 30.9 Å². The molecule has 0 spiro atoms. The van der Waals surface area contributed by atoms with Crippen LogP contribution in [0.5, 0.6) is 0 Å². The minimum Gasteiger partial charge on any atom is -0.444 e. The second-order valence-electron chi connectivity index (χ2n) is 7.12. The quantitative estimate of drug-likeness (QED) is 0.891. The maximum Gasteiger partial charge on any atom is 0.412 e. The number of hydrogen-bond acceptors (Lipinski definition) is 4. The van der Waals surface area contributed by atoms with E-state index in [0.717, 1.165) is 12.8 Å². The van der Waals surface area contributed by atoms with Crippen molar-refractivity contribution in [2.75, 3.05) is 25.0 Å². The van der Waals surface area contributed by atoms with Crippen LogP contribution in [-0.4, -0.2) is 47.3 Å². The number of nitrogens with zero attached hydrogens (tertiary/aromatic N) is 1. The van der Waals surface area contributed by atoms with E-state index in [2.05, 4.69) is 5.32 Å². The number of rotatable bonds is 3. The molecular formula is C18H26N2O4. The number of anilines is 1. The van der Waals surface area contributed by atoms with Crippen molar-refractivity contribution >= 4 is 17.7 Å². The van der Waals surface area contributed by atoms with Crippen LogP contribution < -0.4 is 5.32 Å². The minimum absolute atomic E-state index is 0.0183. The molecule has 1 heterocycles. The third kappa shape index (κ3) is 5.23. The van der Waals surface area contributed by atoms with Gasteiger partial charge in [-0.1, -0.05) is 0 Å². The Balaban J connectivity index is 1.92. The van der Waals surface area contributed by atoms with Crippen LogP contribution in [0.4, 0.5) is 10.5 Å². The zero-order valence-electron chi connectivity index (χ0n) is 14.5. The Kier molecular flexibility index (Phi) is 5.83. The van der Waals surface area contributed by atoms with Crippen molar-refractivity contribution in [3.8, 4) is 0 Å². The molecule has 1 fully saturated rings. The maximum absolute atomic E-state index is 12.5. The Bertz CT molecular complexity index is 570. The van der Waals surface area contributed by atoms with Gasteiger partial charge >= 0.3 is 6.09 Å². The van der Waals surface area contributed by atoms with Gasteiger partial charge in [-0.05, 0) is 63.8 Å². The number of nitrogens with one attached hydrogen (secondary N) is 1. The van der Waals surface area contributed by atoms with E-state index in [9.17, 15) is 9.59 Å². The summed E-state index contributed by atoms with van der Waals surface area (Å²) in [4.78, 5) is 26.0. The number of aliphatic hydroxyl groups is 1. The molecule has 6 heteroatoms. The van der Waals surface area contributed by atoms with Gasteiger partial charge in [0.2, 0.25) is 0 Å². The van der Waals surface area contributed by atoms with Crippen molar-refractivity contribution in [2.45, 2.75) is 39.2 Å². The number of benzene rings is 1. The average Bonchev–Trinajstić information content (AvgIpc) is 2.53. The van der Waals surface area contributed by atoms with Crippen molar-refractivity contribution < 1.29 is 19.4 Å². The third-order valence-electron chi connectivity index (χ3n) is 3.94. The lowest BCUT2D eigenvalue weighted by atomic mass is 9.97. The summed E-state index contributed by atoms with van der Waals surface area (Å²) >= 11 is 0. The van der Waals surface area contributed by atoms with Gasteiger partial charge in [-0.2, -0.15) is 0 Å². The Morgan fingerprint density at radius 3 is 2.29 bits per heavy atom. The number of likely N-dealkylation sites (tertiary alicyclic amines) is 1. The average molecular weight is 334 g/mol. The van der Waals surface area contributed by atoms with E-state index in [-0.39, 0.29) is 12.5 Å². The molecule has 0 aliphatic carbocycles. The van der Waals surface area contributed by atoms with E-state index in [4.69, 9.17) is 9.84 Å². The molecule has 0 aromatic heterocycles. The van der Waals surface area contributed by atoms with Gasteiger partial charge in [0.05, 0.1) is 0 Å². The third-order valence-corrected chi connectivity index (χ3v) is 3.94. The van der Waals surface area contributed by atoms with E-state index < -0.39 is 11.7 Å². The second kappa shape index (κ2) is 7.66. The number of carbonyl (C=O) groups is 2. The van der Waals surface area contributed by atoms with Gasteiger partial charge in [-0.3, -0.25) is 10.1 Å². The molecule has 1 aromatic carbocycles. The summed E-state index contributed by atoms with van der Waals surface area (Å²) in [7, 11) is 0. The van der Waals surface area contributed by atoms with Crippen LogP contribution >= 0.6 is 0 Å². The lowest BCUT2D eigenvalue weighted by Gasteiger charge is -2.31. The fraction of sp³-hybridized carbons (Fsp3) is 0.556. The molecule has 132 valence electrons. The molecule has 1 aromatic rings. The van der Waals surface area contributed by atoms with Gasteiger partial charge in [-0.25, -0.2) is 4.79 Å². The highest BCUT2D eigenvalue weighted by atomic mass is 16.6. The smallest absolute Gasteiger partial charge is 0.412 e. The van der Waals surface area contributed by atoms with Crippen molar-refractivity contribution in [3.05, 3.63) is 29.8 Å². The van der Waals surface area contributed by atoms with Crippen LogP contribution in [0.25, 0.3) is 0 Å². The first-order valence-electron chi connectivity index (χ1n) is 8.28. The van der Waals surface area contributed by atoms with Crippen LogP contribution in [0.1, 0.15) is 44.0 Å². The Morgan fingerprint density at radius 1 is 1.21 bits per heavy atom. The summed E-state index contributed by atoms with van der Waals surface area (Å²) < 4.78 is 5.19. The van der Waals surface area contributed by atoms with Crippen molar-refractivity contribution in [1.29, 1.82) is 0 Å². The Morgan fingerprint density at radius 2 is 1.79 bits per heavy atom. The molecule has 1 aliphatic rings. The van der Waals surface area contributed by atoms with E-state index in [0.29, 0.717) is 30.3 Å². The van der Waals surface area contributed by atoms with Crippen LogP contribution in [0.3, 0.4) is 0 Å². The SMILES string of the molecule is CC(C)(C)OC(=O)Nc1ccc(C(=O)N2CCC(CO)CC2)cc1. The summed E-state index contributed by atoms with van der Waals surface area (Å²) in [5.74, 6) is 0.282. The summed E-state index contributed by atoms with van der Waals surface area (Å²) in [6, 6.07) is 6.79. The van der Waals surface area contributed by atoms with E-state index in [1.807, 2.05) is 4.90 Å². The number of ether oxygens (including phenoxy) is 1. The molecule has 2 N–H and O–H groups in total. The molecule has 2 rings (SSSR count). The van der Waals surface area contributed by atoms with Crippen LogP contribution in [-0.2, 0) is 4.74 Å². The molecule has 24 heavy (non-hydrogen) atoms. The largest absolute Gasteiger partial charge is 0.444 e. The molecule has 1 aliphatic heterocycles. The van der Waals surface area contributed by atoms with Crippen molar-refractivity contribution in [1.82, 2.24) is 4.90 Å². The molecule has 0 saturated carbocycles. The predicted octanol–water partition coefficient (Wildman–Crippen LogP) is 2.88. The van der Waals surface area contributed by atoms with Gasteiger partial charge < -0.3 is 14.7 Å². The summed E-state index contributed by atoms with van der Waals surface area (Å²) in [6.45, 7) is 6.92. The topological polar surface area (TPSA) is 78.9 Å². The number of amides is 2. The molecule has 0 unspecified atom stereocenters. The van der Waals surface area contributed by atoms with E-state index in [1.54, 1.807) is 45.0 Å². The molecule has 2 amide bonds. The number of piperidine rings is 1. The first-order chi connectivity index (χ1) is 11.3. The molecule has 1 saturated heterocycles. The number of aliphatic hydroxyl groups excluding tert-OH is 1. The van der Waals surface area contributed by atoms with Crippen LogP contribution in [0, 0.1) is 5.92 Å². The standard InChI is InChI=1S/C18H26N2O4/c1-18(2,3)24-17(23)19-15-6-4-14(5-7-15)16(22)20-10-8-13(12-21)9-11-20/h4-7,13,21H,8-12H2,1-3H3,(H,19,23). The monoisotopic (exact) mass is 334 g/mol. The minimum atomic E-state index is -0.555. The van der Waals surface area contributed by atoms with Gasteiger partial charge in [0.15, 0.2) is 0 Å². The Labute approximate surface area is 142 Å². The normalized spacial score (nSPS) is 15.9. The highest BCUT2D eigenvalue weighted by Crippen LogP contribution is 2.19. The lowest BCUT2D eigenvalue weighted by Crippen LogP contribution is -2.39. The number of carbonyl (C=O) groups excluding carboxylic acids is 2. The Hall–Kier alpha value is -2.08. The van der Waals surface area contributed by atoms with Crippen LogP contribution in [0.15, 0.2) is 24.3 Å².